The fourth-order valence-corrected chi connectivity index (χ4v) is 4.72. The lowest BCUT2D eigenvalue weighted by atomic mass is 10.1. The Bertz CT molecular complexity index is 1550. The minimum absolute atomic E-state index is 0.268. The molecule has 3 heterocycles. The van der Waals surface area contributed by atoms with Crippen LogP contribution in [0.25, 0.3) is 28.2 Å². The maximum absolute atomic E-state index is 11.8. The SMILES string of the molecule is CS(=O)(=O)c1ccc(-c2nc3ccccn3c2/C=N/Nc2nc(-c3ccccc3)cs2)cc1. The molecule has 33 heavy (non-hydrogen) atoms. The Hall–Kier alpha value is -3.82. The highest BCUT2D eigenvalue weighted by atomic mass is 32.2. The van der Waals surface area contributed by atoms with E-state index in [2.05, 4.69) is 15.5 Å². The number of benzene rings is 2. The molecule has 9 heteroatoms. The first-order chi connectivity index (χ1) is 16.0. The molecule has 0 aliphatic rings. The lowest BCUT2D eigenvalue weighted by Gasteiger charge is -2.03. The minimum atomic E-state index is -3.27. The van der Waals surface area contributed by atoms with Crippen molar-refractivity contribution in [1.29, 1.82) is 0 Å². The molecule has 5 aromatic rings. The van der Waals surface area contributed by atoms with Crippen LogP contribution in [0, 0.1) is 0 Å². The molecule has 0 saturated heterocycles. The zero-order chi connectivity index (χ0) is 22.8. The van der Waals surface area contributed by atoms with Gasteiger partial charge in [-0.25, -0.2) is 18.4 Å². The molecular weight excluding hydrogens is 454 g/mol. The number of hydrazone groups is 1. The number of fused-ring (bicyclic) bond motifs is 1. The predicted molar refractivity (Wildman–Crippen MR) is 133 cm³/mol. The Morgan fingerprint density at radius 3 is 2.45 bits per heavy atom. The second-order valence-electron chi connectivity index (χ2n) is 7.34. The third-order valence-electron chi connectivity index (χ3n) is 5.04. The molecule has 0 aliphatic carbocycles. The number of rotatable bonds is 6. The van der Waals surface area contributed by atoms with Gasteiger partial charge in [-0.15, -0.1) is 11.3 Å². The molecule has 0 radical (unpaired) electrons. The quantitative estimate of drug-likeness (QED) is 0.278. The molecule has 0 spiro atoms. The van der Waals surface area contributed by atoms with Crippen LogP contribution in [-0.2, 0) is 9.84 Å². The van der Waals surface area contributed by atoms with Gasteiger partial charge in [0.25, 0.3) is 0 Å². The van der Waals surface area contributed by atoms with Crippen LogP contribution in [0.3, 0.4) is 0 Å². The molecule has 0 aliphatic heterocycles. The predicted octanol–water partition coefficient (Wildman–Crippen LogP) is 4.97. The molecule has 0 unspecified atom stereocenters. The van der Waals surface area contributed by atoms with Crippen LogP contribution in [0.4, 0.5) is 5.13 Å². The first-order valence-electron chi connectivity index (χ1n) is 10.1. The van der Waals surface area contributed by atoms with Gasteiger partial charge in [-0.05, 0) is 24.3 Å². The number of pyridine rings is 1. The van der Waals surface area contributed by atoms with Gasteiger partial charge in [0.05, 0.1) is 28.2 Å². The summed E-state index contributed by atoms with van der Waals surface area (Å²) in [5.74, 6) is 0. The van der Waals surface area contributed by atoms with E-state index in [1.54, 1.807) is 30.5 Å². The van der Waals surface area contributed by atoms with E-state index in [-0.39, 0.29) is 4.90 Å². The topological polar surface area (TPSA) is 88.7 Å². The van der Waals surface area contributed by atoms with E-state index in [9.17, 15) is 8.42 Å². The Kier molecular flexibility index (Phi) is 5.49. The van der Waals surface area contributed by atoms with Crippen molar-refractivity contribution >= 4 is 38.2 Å². The Morgan fingerprint density at radius 2 is 1.70 bits per heavy atom. The Labute approximate surface area is 195 Å². The van der Waals surface area contributed by atoms with Crippen molar-refractivity contribution in [2.75, 3.05) is 11.7 Å². The normalized spacial score (nSPS) is 11.9. The molecule has 0 fully saturated rings. The number of sulfone groups is 1. The largest absolute Gasteiger partial charge is 0.298 e. The van der Waals surface area contributed by atoms with E-state index < -0.39 is 9.84 Å². The zero-order valence-corrected chi connectivity index (χ0v) is 19.2. The van der Waals surface area contributed by atoms with Crippen molar-refractivity contribution in [3.63, 3.8) is 0 Å². The first-order valence-corrected chi connectivity index (χ1v) is 12.8. The summed E-state index contributed by atoms with van der Waals surface area (Å²) in [4.78, 5) is 9.58. The molecule has 0 amide bonds. The average molecular weight is 474 g/mol. The van der Waals surface area contributed by atoms with E-state index in [1.807, 2.05) is 64.5 Å². The fraction of sp³-hybridized carbons (Fsp3) is 0.0417. The Balaban J connectivity index is 1.46. The van der Waals surface area contributed by atoms with Crippen LogP contribution in [0.1, 0.15) is 5.69 Å². The van der Waals surface area contributed by atoms with Crippen LogP contribution in [0.2, 0.25) is 0 Å². The summed E-state index contributed by atoms with van der Waals surface area (Å²) in [6.07, 6.45) is 4.80. The molecule has 0 bridgehead atoms. The second-order valence-corrected chi connectivity index (χ2v) is 10.2. The van der Waals surface area contributed by atoms with E-state index in [4.69, 9.17) is 4.98 Å². The lowest BCUT2D eigenvalue weighted by Crippen LogP contribution is -1.98. The van der Waals surface area contributed by atoms with E-state index in [1.165, 1.54) is 17.6 Å². The smallest absolute Gasteiger partial charge is 0.203 e. The summed E-state index contributed by atoms with van der Waals surface area (Å²) < 4.78 is 25.5. The van der Waals surface area contributed by atoms with Gasteiger partial charge in [0.1, 0.15) is 5.65 Å². The molecular formula is C24H19N5O2S2. The molecule has 164 valence electrons. The van der Waals surface area contributed by atoms with E-state index >= 15 is 0 Å². The number of nitrogens with zero attached hydrogens (tertiary/aromatic N) is 4. The molecule has 0 saturated carbocycles. The van der Waals surface area contributed by atoms with Crippen LogP contribution < -0.4 is 5.43 Å². The van der Waals surface area contributed by atoms with E-state index in [0.717, 1.165) is 28.2 Å². The van der Waals surface area contributed by atoms with Gasteiger partial charge in [0, 0.05) is 29.0 Å². The summed E-state index contributed by atoms with van der Waals surface area (Å²) in [7, 11) is -3.27. The summed E-state index contributed by atoms with van der Waals surface area (Å²) in [6, 6.07) is 22.4. The van der Waals surface area contributed by atoms with Gasteiger partial charge in [-0.1, -0.05) is 48.5 Å². The molecule has 3 aromatic heterocycles. The molecule has 5 rings (SSSR count). The second kappa shape index (κ2) is 8.61. The van der Waals surface area contributed by atoms with Gasteiger partial charge in [-0.3, -0.25) is 9.83 Å². The minimum Gasteiger partial charge on any atom is -0.298 e. The number of nitrogens with one attached hydrogen (secondary N) is 1. The highest BCUT2D eigenvalue weighted by Crippen LogP contribution is 2.26. The summed E-state index contributed by atoms with van der Waals surface area (Å²) in [6.45, 7) is 0. The summed E-state index contributed by atoms with van der Waals surface area (Å²) in [5, 5.41) is 7.06. The Morgan fingerprint density at radius 1 is 0.939 bits per heavy atom. The standard InChI is InChI=1S/C24H19N5O2S2/c1-33(30,31)19-12-10-18(11-13-19)23-21(29-14-6-5-9-22(29)27-23)15-25-28-24-26-20(16-32-24)17-7-3-2-4-8-17/h2-16H,1H3,(H,26,28)/b25-15+. The summed E-state index contributed by atoms with van der Waals surface area (Å²) in [5.41, 5.74) is 7.98. The van der Waals surface area contributed by atoms with Crippen LogP contribution in [0.5, 0.6) is 0 Å². The monoisotopic (exact) mass is 473 g/mol. The molecule has 2 aromatic carbocycles. The number of thiazole rings is 1. The average Bonchev–Trinajstić information content (AvgIpc) is 3.45. The third kappa shape index (κ3) is 4.41. The first kappa shape index (κ1) is 21.0. The lowest BCUT2D eigenvalue weighted by molar-refractivity contribution is 0.602. The maximum atomic E-state index is 11.8. The van der Waals surface area contributed by atoms with Gasteiger partial charge in [0.15, 0.2) is 9.84 Å². The van der Waals surface area contributed by atoms with Crippen molar-refractivity contribution in [3.05, 3.63) is 90.1 Å². The molecule has 1 N–H and O–H groups in total. The number of aromatic nitrogens is 3. The van der Waals surface area contributed by atoms with Crippen molar-refractivity contribution in [2.24, 2.45) is 5.10 Å². The summed E-state index contributed by atoms with van der Waals surface area (Å²) >= 11 is 1.47. The van der Waals surface area contributed by atoms with Gasteiger partial charge in [-0.2, -0.15) is 5.10 Å². The molecule has 7 nitrogen and oxygen atoms in total. The highest BCUT2D eigenvalue weighted by Gasteiger charge is 2.14. The number of imidazole rings is 1. The van der Waals surface area contributed by atoms with E-state index in [0.29, 0.717) is 10.8 Å². The van der Waals surface area contributed by atoms with Crippen LogP contribution in [0.15, 0.2) is 94.4 Å². The van der Waals surface area contributed by atoms with Gasteiger partial charge < -0.3 is 0 Å². The van der Waals surface area contributed by atoms with Crippen molar-refractivity contribution < 1.29 is 8.42 Å². The van der Waals surface area contributed by atoms with Crippen molar-refractivity contribution in [2.45, 2.75) is 4.90 Å². The van der Waals surface area contributed by atoms with Crippen molar-refractivity contribution in [3.8, 4) is 22.5 Å². The fourth-order valence-electron chi connectivity index (χ4n) is 3.43. The van der Waals surface area contributed by atoms with Gasteiger partial charge in [0.2, 0.25) is 5.13 Å². The number of anilines is 1. The highest BCUT2D eigenvalue weighted by molar-refractivity contribution is 7.90. The van der Waals surface area contributed by atoms with Crippen LogP contribution >= 0.6 is 11.3 Å². The molecule has 0 atom stereocenters. The number of hydrogen-bond donors (Lipinski definition) is 1. The zero-order valence-electron chi connectivity index (χ0n) is 17.6. The van der Waals surface area contributed by atoms with Crippen LogP contribution in [-0.4, -0.2) is 35.3 Å². The number of hydrogen-bond acceptors (Lipinski definition) is 7. The third-order valence-corrected chi connectivity index (χ3v) is 6.92. The maximum Gasteiger partial charge on any atom is 0.203 e. The van der Waals surface area contributed by atoms with Crippen molar-refractivity contribution in [1.82, 2.24) is 14.4 Å². The van der Waals surface area contributed by atoms with Gasteiger partial charge >= 0.3 is 0 Å².